The van der Waals surface area contributed by atoms with Crippen LogP contribution in [0.3, 0.4) is 0 Å². The number of halogens is 1. The van der Waals surface area contributed by atoms with Crippen molar-refractivity contribution < 1.29 is 9.59 Å². The van der Waals surface area contributed by atoms with Gasteiger partial charge in [-0.05, 0) is 34.8 Å². The van der Waals surface area contributed by atoms with Crippen LogP contribution in [0, 0.1) is 11.3 Å². The van der Waals surface area contributed by atoms with Crippen LogP contribution in [0.15, 0.2) is 22.2 Å². The molecule has 2 rings (SSSR count). The van der Waals surface area contributed by atoms with E-state index in [0.29, 0.717) is 24.8 Å². The van der Waals surface area contributed by atoms with Crippen molar-refractivity contribution in [2.24, 2.45) is 0 Å². The maximum atomic E-state index is 10.5. The molecule has 0 saturated heterocycles. The van der Waals surface area contributed by atoms with Gasteiger partial charge in [0.15, 0.2) is 11.6 Å². The summed E-state index contributed by atoms with van der Waals surface area (Å²) in [6.07, 6.45) is 6.11. The highest BCUT2D eigenvalue weighted by Gasteiger charge is 2.10. The second-order valence-electron chi connectivity index (χ2n) is 3.26. The first-order valence-electron chi connectivity index (χ1n) is 4.66. The van der Waals surface area contributed by atoms with Gasteiger partial charge in [-0.3, -0.25) is 9.59 Å². The lowest BCUT2D eigenvalue weighted by molar-refractivity contribution is -0.114. The number of ketones is 2. The molecule has 0 spiro atoms. The highest BCUT2D eigenvalue weighted by atomic mass is 79.9. The lowest BCUT2D eigenvalue weighted by Gasteiger charge is -1.78. The number of allylic oxidation sites excluding steroid dienone is 4. The number of nitriles is 1. The number of carbonyl (C=O) groups is 2. The Balaban J connectivity index is 0.000000151. The van der Waals surface area contributed by atoms with Gasteiger partial charge in [0.2, 0.25) is 0 Å². The van der Waals surface area contributed by atoms with Crippen molar-refractivity contribution in [1.82, 2.24) is 0 Å². The molecular formula is C11H10BrNO2. The number of rotatable bonds is 0. The first-order chi connectivity index (χ1) is 7.13. The maximum Gasteiger partial charge on any atom is 0.169 e. The summed E-state index contributed by atoms with van der Waals surface area (Å²) < 4.78 is 0.757. The summed E-state index contributed by atoms with van der Waals surface area (Å²) >= 11 is 3.12. The van der Waals surface area contributed by atoms with Gasteiger partial charge in [0.25, 0.3) is 0 Å². The maximum absolute atomic E-state index is 10.5. The van der Waals surface area contributed by atoms with E-state index in [1.165, 1.54) is 6.08 Å². The zero-order valence-corrected chi connectivity index (χ0v) is 9.71. The van der Waals surface area contributed by atoms with Crippen LogP contribution in [0.5, 0.6) is 0 Å². The van der Waals surface area contributed by atoms with E-state index in [9.17, 15) is 9.59 Å². The first-order valence-corrected chi connectivity index (χ1v) is 5.45. The van der Waals surface area contributed by atoms with E-state index in [1.54, 1.807) is 0 Å². The van der Waals surface area contributed by atoms with Crippen LogP contribution < -0.4 is 0 Å². The summed E-state index contributed by atoms with van der Waals surface area (Å²) in [6, 6.07) is 1.93. The fraction of sp³-hybridized carbons (Fsp3) is 0.364. The minimum atomic E-state index is 0.0848. The fourth-order valence-electron chi connectivity index (χ4n) is 1.25. The number of hydrogen-bond donors (Lipinski definition) is 0. The van der Waals surface area contributed by atoms with Crippen molar-refractivity contribution in [3.05, 3.63) is 22.2 Å². The number of carbonyl (C=O) groups excluding carboxylic acids is 2. The van der Waals surface area contributed by atoms with Gasteiger partial charge in [0.1, 0.15) is 0 Å². The Labute approximate surface area is 96.6 Å². The van der Waals surface area contributed by atoms with Crippen molar-refractivity contribution in [2.75, 3.05) is 0 Å². The molecule has 0 unspecified atom stereocenters. The number of Topliss-reactive ketones (excluding diaryl/α,β-unsaturated/α-hetero) is 1. The molecule has 0 fully saturated rings. The van der Waals surface area contributed by atoms with Crippen LogP contribution in [0.2, 0.25) is 0 Å². The Morgan fingerprint density at radius 2 is 2.00 bits per heavy atom. The predicted octanol–water partition coefficient (Wildman–Crippen LogP) is 2.43. The molecule has 0 heterocycles. The zero-order chi connectivity index (χ0) is 11.3. The van der Waals surface area contributed by atoms with Crippen molar-refractivity contribution in [1.29, 1.82) is 5.26 Å². The van der Waals surface area contributed by atoms with E-state index in [-0.39, 0.29) is 11.6 Å². The summed E-state index contributed by atoms with van der Waals surface area (Å²) in [5.74, 6) is 0.321. The summed E-state index contributed by atoms with van der Waals surface area (Å²) in [6.45, 7) is 0. The molecule has 0 aromatic carbocycles. The van der Waals surface area contributed by atoms with E-state index >= 15 is 0 Å². The van der Waals surface area contributed by atoms with Crippen LogP contribution in [0.4, 0.5) is 0 Å². The molecule has 0 aliphatic heterocycles. The Morgan fingerprint density at radius 3 is 2.20 bits per heavy atom. The largest absolute Gasteiger partial charge is 0.295 e. The van der Waals surface area contributed by atoms with Gasteiger partial charge < -0.3 is 0 Å². The normalized spacial score (nSPS) is 18.9. The molecule has 0 radical (unpaired) electrons. The molecule has 4 heteroatoms. The van der Waals surface area contributed by atoms with Gasteiger partial charge in [-0.1, -0.05) is 6.08 Å². The van der Waals surface area contributed by atoms with Gasteiger partial charge in [0, 0.05) is 18.4 Å². The summed E-state index contributed by atoms with van der Waals surface area (Å²) in [7, 11) is 0. The topological polar surface area (TPSA) is 57.9 Å². The lowest BCUT2D eigenvalue weighted by atomic mass is 10.3. The molecule has 0 saturated carbocycles. The van der Waals surface area contributed by atoms with Gasteiger partial charge in [-0.2, -0.15) is 5.26 Å². The quantitative estimate of drug-likeness (QED) is 0.677. The Kier molecular flexibility index (Phi) is 4.44. The van der Waals surface area contributed by atoms with Gasteiger partial charge in [0.05, 0.1) is 10.6 Å². The molecule has 0 amide bonds. The van der Waals surface area contributed by atoms with Crippen LogP contribution in [-0.2, 0) is 9.59 Å². The molecule has 0 aromatic rings. The van der Waals surface area contributed by atoms with Crippen LogP contribution in [-0.4, -0.2) is 11.6 Å². The molecule has 2 aliphatic rings. The smallest absolute Gasteiger partial charge is 0.169 e. The summed E-state index contributed by atoms with van der Waals surface area (Å²) in [5, 5.41) is 8.21. The van der Waals surface area contributed by atoms with E-state index in [1.807, 2.05) is 12.1 Å². The molecule has 0 N–H and O–H groups in total. The van der Waals surface area contributed by atoms with Gasteiger partial charge >= 0.3 is 0 Å². The van der Waals surface area contributed by atoms with Crippen molar-refractivity contribution in [2.45, 2.75) is 25.7 Å². The third kappa shape index (κ3) is 3.80. The Morgan fingerprint density at radius 1 is 1.27 bits per heavy atom. The second-order valence-corrected chi connectivity index (χ2v) is 4.12. The second kappa shape index (κ2) is 5.62. The predicted molar refractivity (Wildman–Crippen MR) is 59.2 cm³/mol. The Bertz CT molecular complexity index is 388. The third-order valence-electron chi connectivity index (χ3n) is 2.08. The van der Waals surface area contributed by atoms with Crippen LogP contribution in [0.1, 0.15) is 25.7 Å². The van der Waals surface area contributed by atoms with E-state index in [4.69, 9.17) is 5.26 Å². The first kappa shape index (κ1) is 11.9. The number of hydrogen-bond acceptors (Lipinski definition) is 3. The minimum absolute atomic E-state index is 0.0848. The highest BCUT2D eigenvalue weighted by Crippen LogP contribution is 2.18. The molecule has 78 valence electrons. The van der Waals surface area contributed by atoms with E-state index in [2.05, 4.69) is 15.9 Å². The Hall–Kier alpha value is -1.21. The van der Waals surface area contributed by atoms with Gasteiger partial charge in [-0.25, -0.2) is 0 Å². The standard InChI is InChI=1S/C6H5NO.C5H5BrO/c7-4-5-1-2-6(8)3-5;6-4-2-1-3-5(4)7/h3H,1-2H2;2H,1,3H2. The summed E-state index contributed by atoms with van der Waals surface area (Å²) in [4.78, 5) is 20.8. The number of nitrogens with zero attached hydrogens (tertiary/aromatic N) is 1. The van der Waals surface area contributed by atoms with Crippen molar-refractivity contribution in [3.8, 4) is 6.07 Å². The monoisotopic (exact) mass is 267 g/mol. The molecule has 3 nitrogen and oxygen atoms in total. The summed E-state index contributed by atoms with van der Waals surface area (Å²) in [5.41, 5.74) is 0.620. The average Bonchev–Trinajstić information content (AvgIpc) is 2.78. The average molecular weight is 268 g/mol. The molecule has 0 atom stereocenters. The molecule has 2 aliphatic carbocycles. The molecule has 0 bridgehead atoms. The van der Waals surface area contributed by atoms with Gasteiger partial charge in [-0.15, -0.1) is 0 Å². The zero-order valence-electron chi connectivity index (χ0n) is 8.12. The van der Waals surface area contributed by atoms with Crippen molar-refractivity contribution in [3.63, 3.8) is 0 Å². The molecule has 0 aromatic heterocycles. The van der Waals surface area contributed by atoms with Crippen molar-refractivity contribution >= 4 is 27.5 Å². The van der Waals surface area contributed by atoms with E-state index in [0.717, 1.165) is 10.9 Å². The fourth-order valence-corrected chi connectivity index (χ4v) is 1.68. The lowest BCUT2D eigenvalue weighted by Crippen LogP contribution is -1.86. The van der Waals surface area contributed by atoms with Crippen LogP contribution in [0.25, 0.3) is 0 Å². The minimum Gasteiger partial charge on any atom is -0.295 e. The molecule has 15 heavy (non-hydrogen) atoms. The van der Waals surface area contributed by atoms with Crippen LogP contribution >= 0.6 is 15.9 Å². The third-order valence-corrected chi connectivity index (χ3v) is 2.85. The SMILES string of the molecule is N#CC1=CC(=O)CC1.O=C1CCC=C1Br. The van der Waals surface area contributed by atoms with E-state index < -0.39 is 0 Å². The highest BCUT2D eigenvalue weighted by molar-refractivity contribution is 9.12. The molecular weight excluding hydrogens is 258 g/mol.